The predicted octanol–water partition coefficient (Wildman–Crippen LogP) is 2.78. The van der Waals surface area contributed by atoms with Crippen LogP contribution in [0.25, 0.3) is 0 Å². The number of hydrogen-bond acceptors (Lipinski definition) is 5. The van der Waals surface area contributed by atoms with Crippen molar-refractivity contribution in [3.63, 3.8) is 0 Å². The van der Waals surface area contributed by atoms with Gasteiger partial charge in [0.25, 0.3) is 0 Å². The third-order valence-electron chi connectivity index (χ3n) is 5.14. The second-order valence-corrected chi connectivity index (χ2v) is 7.10. The number of nitrogens with zero attached hydrogens (tertiary/aromatic N) is 3. The number of nitrogens with two attached hydrogens (primary N) is 1. The van der Waals surface area contributed by atoms with Crippen LogP contribution in [0.3, 0.4) is 0 Å². The molecule has 1 aliphatic heterocycles. The van der Waals surface area contributed by atoms with Crippen LogP contribution in [0.15, 0.2) is 47.5 Å². The highest BCUT2D eigenvalue weighted by Crippen LogP contribution is 2.29. The van der Waals surface area contributed by atoms with E-state index in [4.69, 9.17) is 15.2 Å². The van der Waals surface area contributed by atoms with E-state index in [2.05, 4.69) is 20.1 Å². The van der Waals surface area contributed by atoms with Gasteiger partial charge < -0.3 is 25.4 Å². The minimum absolute atomic E-state index is 0.155. The molecule has 0 aromatic heterocycles. The zero-order valence-electron chi connectivity index (χ0n) is 17.6. The molecule has 1 fully saturated rings. The Labute approximate surface area is 177 Å². The van der Waals surface area contributed by atoms with Crippen LogP contribution in [0.2, 0.25) is 0 Å². The fraction of sp³-hybridized carbons (Fsp3) is 0.409. The van der Waals surface area contributed by atoms with Crippen LogP contribution in [0.5, 0.6) is 11.5 Å². The molecule has 1 heterocycles. The number of halogens is 1. The van der Waals surface area contributed by atoms with E-state index < -0.39 is 0 Å². The molecule has 7 nitrogen and oxygen atoms in total. The van der Waals surface area contributed by atoms with Crippen LogP contribution < -0.4 is 25.4 Å². The first-order chi connectivity index (χ1) is 14.6. The van der Waals surface area contributed by atoms with Crippen LogP contribution in [0.1, 0.15) is 6.42 Å². The maximum absolute atomic E-state index is 13.9. The Kier molecular flexibility index (Phi) is 7.73. The number of ether oxygens (including phenoxy) is 2. The number of nitrogens with one attached hydrogen (secondary N) is 1. The monoisotopic (exact) mass is 415 g/mol. The van der Waals surface area contributed by atoms with E-state index in [9.17, 15) is 4.39 Å². The van der Waals surface area contributed by atoms with E-state index in [0.717, 1.165) is 44.8 Å². The Morgan fingerprint density at radius 3 is 2.50 bits per heavy atom. The molecule has 0 aliphatic carbocycles. The van der Waals surface area contributed by atoms with Gasteiger partial charge in [-0.25, -0.2) is 4.39 Å². The van der Waals surface area contributed by atoms with Gasteiger partial charge in [-0.1, -0.05) is 12.1 Å². The number of aliphatic imine (C=N–C) groups is 1. The van der Waals surface area contributed by atoms with Gasteiger partial charge in [0, 0.05) is 51.0 Å². The summed E-state index contributed by atoms with van der Waals surface area (Å²) in [5.41, 5.74) is 7.48. The second kappa shape index (κ2) is 10.7. The highest BCUT2D eigenvalue weighted by atomic mass is 19.1. The highest BCUT2D eigenvalue weighted by Gasteiger charge is 2.18. The van der Waals surface area contributed by atoms with Gasteiger partial charge in [-0.15, -0.1) is 0 Å². The van der Waals surface area contributed by atoms with Gasteiger partial charge in [-0.3, -0.25) is 9.89 Å². The van der Waals surface area contributed by atoms with Crippen LogP contribution in [0.4, 0.5) is 15.8 Å². The van der Waals surface area contributed by atoms with Crippen molar-refractivity contribution < 1.29 is 13.9 Å². The molecule has 30 heavy (non-hydrogen) atoms. The molecule has 1 aliphatic rings. The van der Waals surface area contributed by atoms with Gasteiger partial charge in [-0.2, -0.15) is 0 Å². The van der Waals surface area contributed by atoms with Crippen molar-refractivity contribution in [3.8, 4) is 11.5 Å². The van der Waals surface area contributed by atoms with Gasteiger partial charge in [0.05, 0.1) is 19.9 Å². The first kappa shape index (κ1) is 21.7. The number of rotatable bonds is 8. The van der Waals surface area contributed by atoms with Crippen molar-refractivity contribution >= 4 is 17.3 Å². The van der Waals surface area contributed by atoms with Crippen molar-refractivity contribution in [2.45, 2.75) is 6.42 Å². The van der Waals surface area contributed by atoms with Gasteiger partial charge >= 0.3 is 0 Å². The fourth-order valence-electron chi connectivity index (χ4n) is 3.52. The van der Waals surface area contributed by atoms with Gasteiger partial charge in [0.15, 0.2) is 17.5 Å². The predicted molar refractivity (Wildman–Crippen MR) is 119 cm³/mol. The largest absolute Gasteiger partial charge is 0.493 e. The summed E-state index contributed by atoms with van der Waals surface area (Å²) in [5, 5.41) is 3.07. The molecule has 1 saturated heterocycles. The molecule has 0 atom stereocenters. The molecule has 0 unspecified atom stereocenters. The molecule has 2 aromatic rings. The van der Waals surface area contributed by atoms with Crippen molar-refractivity contribution in [1.29, 1.82) is 0 Å². The summed E-state index contributed by atoms with van der Waals surface area (Å²) >= 11 is 0. The third kappa shape index (κ3) is 5.76. The van der Waals surface area contributed by atoms with Crippen molar-refractivity contribution in [2.24, 2.45) is 10.7 Å². The minimum atomic E-state index is -0.155. The topological polar surface area (TPSA) is 75.4 Å². The first-order valence-electron chi connectivity index (χ1n) is 10.1. The second-order valence-electron chi connectivity index (χ2n) is 7.10. The van der Waals surface area contributed by atoms with Crippen LogP contribution >= 0.6 is 0 Å². The SMILES string of the molecule is COc1ccc(NC(N)=NCCCN2CCN(c3ccccc3F)CC2)cc1OC. The standard InChI is InChI=1S/C22H30FN5O2/c1-29-20-9-8-17(16-21(20)30-2)26-22(24)25-10-5-11-27-12-14-28(15-13-27)19-7-4-3-6-18(19)23/h3-4,6-9,16H,5,10-15H2,1-2H3,(H3,24,25,26). The normalized spacial score (nSPS) is 15.2. The molecule has 0 saturated carbocycles. The summed E-state index contributed by atoms with van der Waals surface area (Å²) in [6.07, 6.45) is 0.911. The van der Waals surface area contributed by atoms with E-state index >= 15 is 0 Å². The fourth-order valence-corrected chi connectivity index (χ4v) is 3.52. The minimum Gasteiger partial charge on any atom is -0.493 e. The Morgan fingerprint density at radius 1 is 1.07 bits per heavy atom. The quantitative estimate of drug-likeness (QED) is 0.392. The lowest BCUT2D eigenvalue weighted by Crippen LogP contribution is -2.47. The lowest BCUT2D eigenvalue weighted by atomic mass is 10.2. The number of piperazine rings is 1. The lowest BCUT2D eigenvalue weighted by Gasteiger charge is -2.36. The Morgan fingerprint density at radius 2 is 1.80 bits per heavy atom. The zero-order chi connectivity index (χ0) is 21.3. The van der Waals surface area contributed by atoms with Crippen LogP contribution in [0, 0.1) is 5.82 Å². The number of hydrogen-bond donors (Lipinski definition) is 2. The van der Waals surface area contributed by atoms with Gasteiger partial charge in [0.2, 0.25) is 0 Å². The van der Waals surface area contributed by atoms with E-state index in [1.807, 2.05) is 30.3 Å². The molecule has 3 rings (SSSR count). The Bertz CT molecular complexity index is 853. The molecule has 0 amide bonds. The molecule has 3 N–H and O–H groups in total. The number of anilines is 2. The lowest BCUT2D eigenvalue weighted by molar-refractivity contribution is 0.256. The molecule has 2 aromatic carbocycles. The van der Waals surface area contributed by atoms with Crippen LogP contribution in [-0.2, 0) is 0 Å². The zero-order valence-corrected chi connectivity index (χ0v) is 17.6. The summed E-state index contributed by atoms with van der Waals surface area (Å²) in [6.45, 7) is 5.06. The molecule has 0 bridgehead atoms. The molecular formula is C22H30FN5O2. The summed E-state index contributed by atoms with van der Waals surface area (Å²) in [4.78, 5) is 8.89. The number of para-hydroxylation sites is 1. The average Bonchev–Trinajstić information content (AvgIpc) is 2.77. The van der Waals surface area contributed by atoms with Gasteiger partial charge in [0.1, 0.15) is 5.82 Å². The third-order valence-corrected chi connectivity index (χ3v) is 5.14. The molecule has 8 heteroatoms. The molecule has 0 spiro atoms. The number of methoxy groups -OCH3 is 2. The van der Waals surface area contributed by atoms with E-state index in [0.29, 0.717) is 29.7 Å². The summed E-state index contributed by atoms with van der Waals surface area (Å²) in [7, 11) is 3.19. The maximum Gasteiger partial charge on any atom is 0.193 e. The van der Waals surface area contributed by atoms with Gasteiger partial charge in [-0.05, 0) is 30.7 Å². The summed E-state index contributed by atoms with van der Waals surface area (Å²) < 4.78 is 24.5. The van der Waals surface area contributed by atoms with E-state index in [1.165, 1.54) is 6.07 Å². The molecular weight excluding hydrogens is 385 g/mol. The number of benzene rings is 2. The molecule has 0 radical (unpaired) electrons. The summed E-state index contributed by atoms with van der Waals surface area (Å²) in [6, 6.07) is 12.4. The maximum atomic E-state index is 13.9. The van der Waals surface area contributed by atoms with E-state index in [-0.39, 0.29) is 5.82 Å². The smallest absolute Gasteiger partial charge is 0.193 e. The van der Waals surface area contributed by atoms with E-state index in [1.54, 1.807) is 20.3 Å². The summed E-state index contributed by atoms with van der Waals surface area (Å²) in [5.74, 6) is 1.50. The Hall–Kier alpha value is -3.00. The van der Waals surface area contributed by atoms with Crippen LogP contribution in [-0.4, -0.2) is 64.3 Å². The van der Waals surface area contributed by atoms with Crippen molar-refractivity contribution in [3.05, 3.63) is 48.3 Å². The molecule has 162 valence electrons. The number of guanidine groups is 1. The van der Waals surface area contributed by atoms with Crippen molar-refractivity contribution in [2.75, 3.05) is 63.7 Å². The van der Waals surface area contributed by atoms with Crippen molar-refractivity contribution in [1.82, 2.24) is 4.90 Å². The highest BCUT2D eigenvalue weighted by molar-refractivity contribution is 5.92. The average molecular weight is 416 g/mol. The first-order valence-corrected chi connectivity index (χ1v) is 10.1. The Balaban J connectivity index is 1.39.